The van der Waals surface area contributed by atoms with Gasteiger partial charge >= 0.3 is 0 Å². The van der Waals surface area contributed by atoms with E-state index in [0.29, 0.717) is 16.6 Å². The number of hydrogen-bond acceptors (Lipinski definition) is 6. The molecule has 0 radical (unpaired) electrons. The summed E-state index contributed by atoms with van der Waals surface area (Å²) in [6, 6.07) is 5.73. The normalized spacial score (nSPS) is 15.2. The number of nitrogen functional groups attached to an aromatic ring is 1. The van der Waals surface area contributed by atoms with Crippen LogP contribution in [0.15, 0.2) is 24.4 Å². The van der Waals surface area contributed by atoms with E-state index in [4.69, 9.17) is 31.8 Å². The van der Waals surface area contributed by atoms with Gasteiger partial charge in [0.05, 0.1) is 24.9 Å². The number of nitrogens with zero attached hydrogens (tertiary/aromatic N) is 3. The minimum Gasteiger partial charge on any atom is -0.496 e. The van der Waals surface area contributed by atoms with Crippen LogP contribution in [0.25, 0.3) is 22.0 Å². The lowest BCUT2D eigenvalue weighted by molar-refractivity contribution is 0.275. The zero-order valence-electron chi connectivity index (χ0n) is 18.0. The Morgan fingerprint density at radius 2 is 1.83 bits per heavy atom. The average molecular weight is 427 g/mol. The molecule has 0 saturated carbocycles. The van der Waals surface area contributed by atoms with E-state index in [1.165, 1.54) is 0 Å². The smallest absolute Gasteiger partial charge is 0.141 e. The molecule has 1 aliphatic heterocycles. The van der Waals surface area contributed by atoms with E-state index in [9.17, 15) is 0 Å². The van der Waals surface area contributed by atoms with Gasteiger partial charge in [-0.05, 0) is 24.0 Å². The molecular weight excluding hydrogens is 400 g/mol. The number of ether oxygens (including phenoxy) is 2. The van der Waals surface area contributed by atoms with Gasteiger partial charge in [0.1, 0.15) is 23.1 Å². The van der Waals surface area contributed by atoms with Crippen LogP contribution in [0, 0.1) is 5.41 Å². The summed E-state index contributed by atoms with van der Waals surface area (Å²) in [5, 5.41) is 2.49. The number of halogens is 1. The van der Waals surface area contributed by atoms with Gasteiger partial charge in [0.2, 0.25) is 0 Å². The van der Waals surface area contributed by atoms with E-state index >= 15 is 0 Å². The maximum Gasteiger partial charge on any atom is 0.141 e. The van der Waals surface area contributed by atoms with Crippen molar-refractivity contribution in [3.8, 4) is 22.8 Å². The second-order valence-corrected chi connectivity index (χ2v) is 8.86. The van der Waals surface area contributed by atoms with Crippen molar-refractivity contribution in [2.75, 3.05) is 37.9 Å². The zero-order chi connectivity index (χ0) is 21.6. The van der Waals surface area contributed by atoms with Crippen molar-refractivity contribution in [1.82, 2.24) is 9.97 Å². The van der Waals surface area contributed by atoms with Gasteiger partial charge in [-0.1, -0.05) is 32.4 Å². The van der Waals surface area contributed by atoms with Crippen molar-refractivity contribution >= 4 is 34.0 Å². The van der Waals surface area contributed by atoms with Gasteiger partial charge in [0.25, 0.3) is 0 Å². The predicted octanol–water partition coefficient (Wildman–Crippen LogP) is 4.96. The van der Waals surface area contributed by atoms with Crippen molar-refractivity contribution in [2.24, 2.45) is 5.41 Å². The minimum atomic E-state index is 0.258. The second kappa shape index (κ2) is 7.51. The molecule has 3 heterocycles. The molecule has 3 aromatic rings. The minimum absolute atomic E-state index is 0.258. The summed E-state index contributed by atoms with van der Waals surface area (Å²) in [4.78, 5) is 11.6. The molecule has 1 saturated heterocycles. The summed E-state index contributed by atoms with van der Waals surface area (Å²) >= 11 is 6.79. The van der Waals surface area contributed by atoms with Gasteiger partial charge in [-0.25, -0.2) is 9.97 Å². The Kier molecular flexibility index (Phi) is 5.14. The summed E-state index contributed by atoms with van der Waals surface area (Å²) in [6.45, 7) is 8.44. The van der Waals surface area contributed by atoms with Crippen LogP contribution in [0.2, 0.25) is 5.02 Å². The molecule has 7 heteroatoms. The van der Waals surface area contributed by atoms with Gasteiger partial charge in [0, 0.05) is 47.3 Å². The molecule has 1 aliphatic rings. The first-order chi connectivity index (χ1) is 14.3. The monoisotopic (exact) mass is 426 g/mol. The highest BCUT2D eigenvalue weighted by Gasteiger charge is 2.36. The van der Waals surface area contributed by atoms with Crippen molar-refractivity contribution in [2.45, 2.75) is 27.2 Å². The van der Waals surface area contributed by atoms with Crippen molar-refractivity contribution in [3.63, 3.8) is 0 Å². The molecule has 30 heavy (non-hydrogen) atoms. The standard InChI is InChI=1S/C23H27ClN4O2/c1-6-14-17(29-4)9-18(30-5)21(24)20(14)16-7-13-10-26-19(25)8-15(13)22(27-16)28-11-23(2,3)12-28/h7-10H,6,11-12H2,1-5H3,(H2,25,26). The van der Waals surface area contributed by atoms with Gasteiger partial charge < -0.3 is 20.1 Å². The number of pyridine rings is 2. The Morgan fingerprint density at radius 3 is 2.43 bits per heavy atom. The number of methoxy groups -OCH3 is 2. The Morgan fingerprint density at radius 1 is 1.13 bits per heavy atom. The fourth-order valence-corrected chi connectivity index (χ4v) is 4.59. The molecule has 0 amide bonds. The zero-order valence-corrected chi connectivity index (χ0v) is 18.8. The van der Waals surface area contributed by atoms with Crippen LogP contribution in [-0.4, -0.2) is 37.3 Å². The molecule has 0 aliphatic carbocycles. The van der Waals surface area contributed by atoms with Crippen LogP contribution < -0.4 is 20.1 Å². The number of nitrogens with two attached hydrogens (primary N) is 1. The van der Waals surface area contributed by atoms with Gasteiger partial charge in [-0.15, -0.1) is 0 Å². The van der Waals surface area contributed by atoms with E-state index in [0.717, 1.165) is 58.7 Å². The Labute approximate surface area is 182 Å². The quantitative estimate of drug-likeness (QED) is 0.621. The maximum absolute atomic E-state index is 6.79. The molecule has 2 N–H and O–H groups in total. The lowest BCUT2D eigenvalue weighted by Gasteiger charge is -2.47. The number of hydrogen-bond donors (Lipinski definition) is 1. The second-order valence-electron chi connectivity index (χ2n) is 8.48. The average Bonchev–Trinajstić information content (AvgIpc) is 2.70. The van der Waals surface area contributed by atoms with Crippen molar-refractivity contribution in [1.29, 1.82) is 0 Å². The predicted molar refractivity (Wildman–Crippen MR) is 123 cm³/mol. The van der Waals surface area contributed by atoms with Crippen LogP contribution in [0.5, 0.6) is 11.5 Å². The number of rotatable bonds is 5. The topological polar surface area (TPSA) is 73.5 Å². The summed E-state index contributed by atoms with van der Waals surface area (Å²) < 4.78 is 11.1. The molecule has 158 valence electrons. The Hall–Kier alpha value is -2.73. The first-order valence-corrected chi connectivity index (χ1v) is 10.4. The highest BCUT2D eigenvalue weighted by atomic mass is 35.5. The first kappa shape index (κ1) is 20.5. The largest absolute Gasteiger partial charge is 0.496 e. The van der Waals surface area contributed by atoms with Crippen molar-refractivity contribution < 1.29 is 9.47 Å². The first-order valence-electron chi connectivity index (χ1n) is 10.0. The molecule has 6 nitrogen and oxygen atoms in total. The maximum atomic E-state index is 6.79. The molecule has 1 fully saturated rings. The van der Waals surface area contributed by atoms with E-state index < -0.39 is 0 Å². The third-order valence-corrected chi connectivity index (χ3v) is 5.97. The van der Waals surface area contributed by atoms with E-state index in [1.807, 2.05) is 18.2 Å². The highest BCUT2D eigenvalue weighted by molar-refractivity contribution is 6.35. The fraction of sp³-hybridized carbons (Fsp3) is 0.391. The molecule has 1 aromatic carbocycles. The molecule has 2 aromatic heterocycles. The van der Waals surface area contributed by atoms with Gasteiger partial charge in [-0.2, -0.15) is 0 Å². The number of fused-ring (bicyclic) bond motifs is 1. The molecule has 0 unspecified atom stereocenters. The van der Waals surface area contributed by atoms with E-state index in [2.05, 4.69) is 30.7 Å². The van der Waals surface area contributed by atoms with Crippen molar-refractivity contribution in [3.05, 3.63) is 35.0 Å². The van der Waals surface area contributed by atoms with Crippen LogP contribution in [0.4, 0.5) is 11.6 Å². The van der Waals surface area contributed by atoms with Crippen LogP contribution in [-0.2, 0) is 6.42 Å². The summed E-state index contributed by atoms with van der Waals surface area (Å²) in [5.41, 5.74) is 8.84. The summed E-state index contributed by atoms with van der Waals surface area (Å²) in [7, 11) is 3.25. The number of aromatic nitrogens is 2. The molecule has 0 atom stereocenters. The van der Waals surface area contributed by atoms with Crippen LogP contribution >= 0.6 is 11.6 Å². The lowest BCUT2D eigenvalue weighted by Crippen LogP contribution is -2.53. The molecule has 4 rings (SSSR count). The number of benzene rings is 1. The summed E-state index contributed by atoms with van der Waals surface area (Å²) in [5.74, 6) is 2.67. The fourth-order valence-electron chi connectivity index (χ4n) is 4.25. The third-order valence-electron chi connectivity index (χ3n) is 5.60. The van der Waals surface area contributed by atoms with E-state index in [-0.39, 0.29) is 5.41 Å². The van der Waals surface area contributed by atoms with E-state index in [1.54, 1.807) is 20.4 Å². The Bertz CT molecular complexity index is 1120. The highest BCUT2D eigenvalue weighted by Crippen LogP contribution is 2.45. The summed E-state index contributed by atoms with van der Waals surface area (Å²) in [6.07, 6.45) is 2.54. The van der Waals surface area contributed by atoms with Gasteiger partial charge in [-0.3, -0.25) is 0 Å². The Balaban J connectivity index is 2.00. The van der Waals surface area contributed by atoms with Crippen LogP contribution in [0.1, 0.15) is 26.3 Å². The number of anilines is 2. The van der Waals surface area contributed by atoms with Gasteiger partial charge in [0.15, 0.2) is 0 Å². The molecular formula is C23H27ClN4O2. The lowest BCUT2D eigenvalue weighted by atomic mass is 9.84. The SMILES string of the molecule is CCc1c(OC)cc(OC)c(Cl)c1-c1cc2cnc(N)cc2c(N2CC(C)(C)C2)n1. The van der Waals surface area contributed by atoms with Crippen LogP contribution in [0.3, 0.4) is 0 Å². The third kappa shape index (κ3) is 3.39. The molecule has 0 bridgehead atoms. The molecule has 0 spiro atoms.